The topological polar surface area (TPSA) is 52.9 Å². The van der Waals surface area contributed by atoms with Crippen LogP contribution in [0.2, 0.25) is 5.02 Å². The Morgan fingerprint density at radius 1 is 1.48 bits per heavy atom. The molecule has 2 rings (SSSR count). The van der Waals surface area contributed by atoms with Crippen LogP contribution in [-0.4, -0.2) is 11.4 Å². The summed E-state index contributed by atoms with van der Waals surface area (Å²) in [6, 6.07) is 7.61. The Balaban J connectivity index is 2.14. The molecule has 0 aromatic heterocycles. The second-order valence-corrected chi connectivity index (χ2v) is 6.32. The minimum atomic E-state index is -0.725. The Morgan fingerprint density at radius 2 is 2.14 bits per heavy atom. The number of hydrogen-bond donors (Lipinski definition) is 1. The standard InChI is InChI=1S/C17H21ClN2O/c1-3-13-7-9-17(11-19,10-8-13)20-16(21)14-5-4-6-15(18)12(14)2/h4-6,13H,3,7-10H2,1-2H3,(H,20,21). The van der Waals surface area contributed by atoms with Crippen LogP contribution in [0.15, 0.2) is 18.2 Å². The molecule has 1 aliphatic carbocycles. The fraction of sp³-hybridized carbons (Fsp3) is 0.529. The summed E-state index contributed by atoms with van der Waals surface area (Å²) >= 11 is 6.06. The van der Waals surface area contributed by atoms with E-state index in [2.05, 4.69) is 18.3 Å². The predicted molar refractivity (Wildman–Crippen MR) is 84.2 cm³/mol. The van der Waals surface area contributed by atoms with Crippen LogP contribution >= 0.6 is 11.6 Å². The van der Waals surface area contributed by atoms with E-state index in [4.69, 9.17) is 11.6 Å². The first-order valence-corrected chi connectivity index (χ1v) is 7.88. The monoisotopic (exact) mass is 304 g/mol. The van der Waals surface area contributed by atoms with Gasteiger partial charge in [-0.1, -0.05) is 31.0 Å². The fourth-order valence-corrected chi connectivity index (χ4v) is 3.16. The zero-order chi connectivity index (χ0) is 15.5. The smallest absolute Gasteiger partial charge is 0.252 e. The van der Waals surface area contributed by atoms with E-state index in [-0.39, 0.29) is 5.91 Å². The van der Waals surface area contributed by atoms with Gasteiger partial charge < -0.3 is 5.32 Å². The summed E-state index contributed by atoms with van der Waals surface area (Å²) in [6.07, 6.45) is 4.60. The molecule has 21 heavy (non-hydrogen) atoms. The zero-order valence-electron chi connectivity index (χ0n) is 12.6. The van der Waals surface area contributed by atoms with Crippen molar-refractivity contribution in [3.63, 3.8) is 0 Å². The van der Waals surface area contributed by atoms with Gasteiger partial charge in [-0.2, -0.15) is 5.26 Å². The van der Waals surface area contributed by atoms with Crippen LogP contribution < -0.4 is 5.32 Å². The molecule has 1 N–H and O–H groups in total. The Labute approximate surface area is 131 Å². The van der Waals surface area contributed by atoms with Crippen molar-refractivity contribution >= 4 is 17.5 Å². The van der Waals surface area contributed by atoms with E-state index in [1.807, 2.05) is 6.92 Å². The fourth-order valence-electron chi connectivity index (χ4n) is 2.98. The van der Waals surface area contributed by atoms with Gasteiger partial charge in [0.05, 0.1) is 6.07 Å². The summed E-state index contributed by atoms with van der Waals surface area (Å²) in [5.41, 5.74) is 0.582. The highest BCUT2D eigenvalue weighted by molar-refractivity contribution is 6.31. The summed E-state index contributed by atoms with van der Waals surface area (Å²) in [5.74, 6) is 0.475. The lowest BCUT2D eigenvalue weighted by atomic mass is 9.76. The first-order chi connectivity index (χ1) is 10.0. The number of amides is 1. The second kappa shape index (κ2) is 6.49. The molecule has 1 aromatic rings. The number of nitriles is 1. The van der Waals surface area contributed by atoms with Crippen molar-refractivity contribution in [1.82, 2.24) is 5.32 Å². The summed E-state index contributed by atoms with van der Waals surface area (Å²) < 4.78 is 0. The number of nitrogens with zero attached hydrogens (tertiary/aromatic N) is 1. The van der Waals surface area contributed by atoms with Gasteiger partial charge in [-0.15, -0.1) is 0 Å². The number of carbonyl (C=O) groups excluding carboxylic acids is 1. The van der Waals surface area contributed by atoms with Crippen LogP contribution in [0.4, 0.5) is 0 Å². The molecular formula is C17H21ClN2O. The Bertz CT molecular complexity index is 569. The van der Waals surface area contributed by atoms with Gasteiger partial charge in [0.25, 0.3) is 5.91 Å². The van der Waals surface area contributed by atoms with Crippen LogP contribution in [-0.2, 0) is 0 Å². The van der Waals surface area contributed by atoms with Crippen LogP contribution in [0.3, 0.4) is 0 Å². The van der Waals surface area contributed by atoms with Gasteiger partial charge in [0.15, 0.2) is 0 Å². The SMILES string of the molecule is CCC1CCC(C#N)(NC(=O)c2cccc(Cl)c2C)CC1. The molecule has 0 heterocycles. The third-order valence-electron chi connectivity index (χ3n) is 4.62. The lowest BCUT2D eigenvalue weighted by molar-refractivity contribution is 0.0890. The minimum absolute atomic E-state index is 0.202. The number of hydrogen-bond acceptors (Lipinski definition) is 2. The molecule has 0 bridgehead atoms. The van der Waals surface area contributed by atoms with E-state index in [0.717, 1.165) is 37.7 Å². The third-order valence-corrected chi connectivity index (χ3v) is 5.02. The van der Waals surface area contributed by atoms with Crippen molar-refractivity contribution in [2.24, 2.45) is 5.92 Å². The molecule has 1 amide bonds. The Morgan fingerprint density at radius 3 is 2.71 bits per heavy atom. The van der Waals surface area contributed by atoms with Crippen molar-refractivity contribution in [3.05, 3.63) is 34.3 Å². The maximum atomic E-state index is 12.5. The summed E-state index contributed by atoms with van der Waals surface area (Å²) in [6.45, 7) is 4.00. The van der Waals surface area contributed by atoms with Crippen molar-refractivity contribution in [3.8, 4) is 6.07 Å². The molecule has 1 aromatic carbocycles. The lowest BCUT2D eigenvalue weighted by Crippen LogP contribution is -2.49. The molecule has 112 valence electrons. The summed E-state index contributed by atoms with van der Waals surface area (Å²) in [7, 11) is 0. The number of halogens is 1. The second-order valence-electron chi connectivity index (χ2n) is 5.91. The van der Waals surface area contributed by atoms with E-state index >= 15 is 0 Å². The van der Waals surface area contributed by atoms with E-state index in [9.17, 15) is 10.1 Å². The van der Waals surface area contributed by atoms with Gasteiger partial charge in [0.1, 0.15) is 5.54 Å². The average Bonchev–Trinajstić information content (AvgIpc) is 2.50. The van der Waals surface area contributed by atoms with Gasteiger partial charge in [0.2, 0.25) is 0 Å². The van der Waals surface area contributed by atoms with Crippen LogP contribution in [0.1, 0.15) is 54.9 Å². The van der Waals surface area contributed by atoms with E-state index in [1.54, 1.807) is 18.2 Å². The highest BCUT2D eigenvalue weighted by atomic mass is 35.5. The maximum absolute atomic E-state index is 12.5. The number of nitrogens with one attached hydrogen (secondary N) is 1. The molecule has 0 aliphatic heterocycles. The largest absolute Gasteiger partial charge is 0.334 e. The van der Waals surface area contributed by atoms with Gasteiger partial charge in [-0.25, -0.2) is 0 Å². The number of carbonyl (C=O) groups is 1. The average molecular weight is 305 g/mol. The molecule has 0 saturated heterocycles. The molecule has 0 atom stereocenters. The molecule has 0 unspecified atom stereocenters. The third kappa shape index (κ3) is 3.39. The number of rotatable bonds is 3. The minimum Gasteiger partial charge on any atom is -0.334 e. The molecular weight excluding hydrogens is 284 g/mol. The lowest BCUT2D eigenvalue weighted by Gasteiger charge is -2.35. The molecule has 1 aliphatic rings. The first-order valence-electron chi connectivity index (χ1n) is 7.50. The van der Waals surface area contributed by atoms with Crippen molar-refractivity contribution < 1.29 is 4.79 Å². The van der Waals surface area contributed by atoms with Gasteiger partial charge in [-0.05, 0) is 56.2 Å². The molecule has 4 heteroatoms. The van der Waals surface area contributed by atoms with Crippen LogP contribution in [0.5, 0.6) is 0 Å². The molecule has 3 nitrogen and oxygen atoms in total. The predicted octanol–water partition coefficient (Wildman–Crippen LogP) is 4.24. The quantitative estimate of drug-likeness (QED) is 0.908. The Hall–Kier alpha value is -1.53. The number of benzene rings is 1. The van der Waals surface area contributed by atoms with E-state index < -0.39 is 5.54 Å². The molecule has 1 fully saturated rings. The van der Waals surface area contributed by atoms with Gasteiger partial charge >= 0.3 is 0 Å². The van der Waals surface area contributed by atoms with E-state index in [0.29, 0.717) is 16.5 Å². The van der Waals surface area contributed by atoms with Crippen LogP contribution in [0, 0.1) is 24.2 Å². The van der Waals surface area contributed by atoms with Crippen molar-refractivity contribution in [2.75, 3.05) is 0 Å². The normalized spacial score (nSPS) is 25.1. The first kappa shape index (κ1) is 15.9. The van der Waals surface area contributed by atoms with Crippen molar-refractivity contribution in [2.45, 2.75) is 51.5 Å². The highest BCUT2D eigenvalue weighted by Gasteiger charge is 2.36. The van der Waals surface area contributed by atoms with Crippen molar-refractivity contribution in [1.29, 1.82) is 5.26 Å². The van der Waals surface area contributed by atoms with E-state index in [1.165, 1.54) is 0 Å². The summed E-state index contributed by atoms with van der Waals surface area (Å²) in [5, 5.41) is 13.1. The van der Waals surface area contributed by atoms with Crippen LogP contribution in [0.25, 0.3) is 0 Å². The Kier molecular flexibility index (Phi) is 4.90. The summed E-state index contributed by atoms with van der Waals surface area (Å²) in [4.78, 5) is 12.5. The molecule has 0 spiro atoms. The van der Waals surface area contributed by atoms with Gasteiger partial charge in [0, 0.05) is 10.6 Å². The molecule has 1 saturated carbocycles. The maximum Gasteiger partial charge on any atom is 0.252 e. The van der Waals surface area contributed by atoms with Gasteiger partial charge in [-0.3, -0.25) is 4.79 Å². The molecule has 0 radical (unpaired) electrons. The zero-order valence-corrected chi connectivity index (χ0v) is 13.3. The highest BCUT2D eigenvalue weighted by Crippen LogP contribution is 2.33.